The molecule has 2 saturated heterocycles. The van der Waals surface area contributed by atoms with Crippen LogP contribution >= 0.6 is 0 Å². The van der Waals surface area contributed by atoms with Gasteiger partial charge in [-0.3, -0.25) is 0 Å². The highest BCUT2D eigenvalue weighted by Crippen LogP contribution is 2.20. The quantitative estimate of drug-likeness (QED) is 0.838. The topological polar surface area (TPSA) is 53.6 Å². The van der Waals surface area contributed by atoms with Gasteiger partial charge in [0.15, 0.2) is 0 Å². The van der Waals surface area contributed by atoms with Crippen molar-refractivity contribution in [3.05, 3.63) is 0 Å². The minimum atomic E-state index is -0.415. The van der Waals surface area contributed by atoms with Crippen LogP contribution in [-0.2, 0) is 4.74 Å². The zero-order chi connectivity index (χ0) is 15.3. The van der Waals surface area contributed by atoms with Crippen molar-refractivity contribution in [3.63, 3.8) is 0 Å². The molecule has 1 unspecified atom stereocenters. The van der Waals surface area contributed by atoms with Gasteiger partial charge in [-0.05, 0) is 66.0 Å². The molecule has 5 nitrogen and oxygen atoms in total. The van der Waals surface area contributed by atoms with Gasteiger partial charge in [-0.1, -0.05) is 0 Å². The first kappa shape index (κ1) is 16.6. The lowest BCUT2D eigenvalue weighted by molar-refractivity contribution is 0.00955. The van der Waals surface area contributed by atoms with Crippen LogP contribution in [-0.4, -0.2) is 54.9 Å². The number of rotatable bonds is 3. The number of hydrogen-bond donors (Lipinski definition) is 2. The van der Waals surface area contributed by atoms with E-state index in [2.05, 4.69) is 10.6 Å². The van der Waals surface area contributed by atoms with E-state index in [0.29, 0.717) is 6.04 Å². The molecular formula is C16H31N3O2. The molecule has 0 saturated carbocycles. The van der Waals surface area contributed by atoms with E-state index in [1.54, 1.807) is 0 Å². The van der Waals surface area contributed by atoms with Crippen LogP contribution in [0, 0.1) is 0 Å². The molecule has 0 radical (unpaired) electrons. The zero-order valence-electron chi connectivity index (χ0n) is 13.8. The van der Waals surface area contributed by atoms with Crippen molar-refractivity contribution in [1.29, 1.82) is 0 Å². The molecule has 1 atom stereocenters. The number of carbonyl (C=O) groups excluding carboxylic acids is 1. The van der Waals surface area contributed by atoms with Crippen LogP contribution in [0.3, 0.4) is 0 Å². The summed E-state index contributed by atoms with van der Waals surface area (Å²) in [5.41, 5.74) is -0.415. The summed E-state index contributed by atoms with van der Waals surface area (Å²) in [5, 5.41) is 7.03. The van der Waals surface area contributed by atoms with Crippen LogP contribution in [0.4, 0.5) is 4.79 Å². The van der Waals surface area contributed by atoms with Crippen LogP contribution in [0.2, 0.25) is 0 Å². The third-order valence-corrected chi connectivity index (χ3v) is 4.24. The molecule has 0 bridgehead atoms. The van der Waals surface area contributed by atoms with Gasteiger partial charge >= 0.3 is 6.09 Å². The van der Waals surface area contributed by atoms with Gasteiger partial charge in [-0.2, -0.15) is 0 Å². The van der Waals surface area contributed by atoms with Gasteiger partial charge in [-0.15, -0.1) is 0 Å². The average molecular weight is 297 g/mol. The molecule has 122 valence electrons. The van der Waals surface area contributed by atoms with Gasteiger partial charge < -0.3 is 20.3 Å². The first-order valence-electron chi connectivity index (χ1n) is 8.39. The Labute approximate surface area is 128 Å². The maximum absolute atomic E-state index is 12.3. The molecule has 2 N–H and O–H groups in total. The minimum absolute atomic E-state index is 0.153. The maximum Gasteiger partial charge on any atom is 0.410 e. The number of piperidine rings is 2. The molecular weight excluding hydrogens is 266 g/mol. The fourth-order valence-corrected chi connectivity index (χ4v) is 3.10. The van der Waals surface area contributed by atoms with Gasteiger partial charge in [0.2, 0.25) is 0 Å². The van der Waals surface area contributed by atoms with E-state index < -0.39 is 5.60 Å². The van der Waals surface area contributed by atoms with Crippen molar-refractivity contribution in [2.45, 2.75) is 70.6 Å². The second kappa shape index (κ2) is 7.45. The molecule has 21 heavy (non-hydrogen) atoms. The summed E-state index contributed by atoms with van der Waals surface area (Å²) < 4.78 is 5.55. The normalized spacial score (nSPS) is 24.9. The molecule has 5 heteroatoms. The highest BCUT2D eigenvalue weighted by molar-refractivity contribution is 5.68. The van der Waals surface area contributed by atoms with Gasteiger partial charge in [0.05, 0.1) is 0 Å². The average Bonchev–Trinajstić information content (AvgIpc) is 2.45. The molecule has 0 aromatic rings. The number of nitrogens with one attached hydrogen (secondary N) is 2. The Balaban J connectivity index is 1.84. The fourth-order valence-electron chi connectivity index (χ4n) is 3.10. The third-order valence-electron chi connectivity index (χ3n) is 4.24. The number of amides is 1. The van der Waals surface area contributed by atoms with Crippen molar-refractivity contribution < 1.29 is 9.53 Å². The SMILES string of the molecule is CC(C)(C)OC(=O)N1CCCCC1CNC1CCNCC1. The van der Waals surface area contributed by atoms with Crippen molar-refractivity contribution in [3.8, 4) is 0 Å². The number of ether oxygens (including phenoxy) is 1. The molecule has 1 amide bonds. The first-order chi connectivity index (χ1) is 9.96. The Morgan fingerprint density at radius 2 is 1.95 bits per heavy atom. The first-order valence-corrected chi connectivity index (χ1v) is 8.39. The van der Waals surface area contributed by atoms with E-state index in [9.17, 15) is 4.79 Å². The molecule has 0 aromatic heterocycles. The Morgan fingerprint density at radius 3 is 2.62 bits per heavy atom. The van der Waals surface area contributed by atoms with Gasteiger partial charge in [-0.25, -0.2) is 4.79 Å². The fraction of sp³-hybridized carbons (Fsp3) is 0.938. The predicted octanol–water partition coefficient (Wildman–Crippen LogP) is 2.12. The highest BCUT2D eigenvalue weighted by atomic mass is 16.6. The van der Waals surface area contributed by atoms with E-state index in [-0.39, 0.29) is 12.1 Å². The number of likely N-dealkylation sites (tertiary alicyclic amines) is 1. The molecule has 2 aliphatic heterocycles. The third kappa shape index (κ3) is 5.47. The van der Waals surface area contributed by atoms with Crippen LogP contribution in [0.15, 0.2) is 0 Å². The van der Waals surface area contributed by atoms with Crippen molar-refractivity contribution in [1.82, 2.24) is 15.5 Å². The summed E-state index contributed by atoms with van der Waals surface area (Å²) in [7, 11) is 0. The van der Waals surface area contributed by atoms with Crippen LogP contribution in [0.1, 0.15) is 52.9 Å². The van der Waals surface area contributed by atoms with E-state index in [0.717, 1.165) is 39.0 Å². The van der Waals surface area contributed by atoms with Crippen molar-refractivity contribution in [2.24, 2.45) is 0 Å². The summed E-state index contributed by atoms with van der Waals surface area (Å²) >= 11 is 0. The molecule has 0 aromatic carbocycles. The molecule has 2 aliphatic rings. The zero-order valence-corrected chi connectivity index (χ0v) is 13.8. The highest BCUT2D eigenvalue weighted by Gasteiger charge is 2.30. The molecule has 0 spiro atoms. The Bertz CT molecular complexity index is 335. The molecule has 2 rings (SSSR count). The van der Waals surface area contributed by atoms with E-state index in [4.69, 9.17) is 4.74 Å². The largest absolute Gasteiger partial charge is 0.444 e. The molecule has 2 fully saturated rings. The van der Waals surface area contributed by atoms with E-state index >= 15 is 0 Å². The number of carbonyl (C=O) groups is 1. The van der Waals surface area contributed by atoms with Gasteiger partial charge in [0.1, 0.15) is 5.60 Å². The monoisotopic (exact) mass is 297 g/mol. The standard InChI is InChI=1S/C16H31N3O2/c1-16(2,3)21-15(20)19-11-5-4-6-14(19)12-18-13-7-9-17-10-8-13/h13-14,17-18H,4-12H2,1-3H3. The summed E-state index contributed by atoms with van der Waals surface area (Å²) in [6.45, 7) is 9.69. The maximum atomic E-state index is 12.3. The van der Waals surface area contributed by atoms with Crippen LogP contribution < -0.4 is 10.6 Å². The van der Waals surface area contributed by atoms with E-state index in [1.807, 2.05) is 25.7 Å². The van der Waals surface area contributed by atoms with Crippen molar-refractivity contribution in [2.75, 3.05) is 26.2 Å². The summed E-state index contributed by atoms with van der Waals surface area (Å²) in [6.07, 6.45) is 5.58. The van der Waals surface area contributed by atoms with E-state index in [1.165, 1.54) is 19.3 Å². The Morgan fingerprint density at radius 1 is 1.24 bits per heavy atom. The summed E-state index contributed by atoms with van der Waals surface area (Å²) in [4.78, 5) is 14.3. The number of nitrogens with zero attached hydrogens (tertiary/aromatic N) is 1. The second-order valence-electron chi connectivity index (χ2n) is 7.26. The van der Waals surface area contributed by atoms with Crippen LogP contribution in [0.25, 0.3) is 0 Å². The summed E-state index contributed by atoms with van der Waals surface area (Å²) in [5.74, 6) is 0. The lowest BCUT2D eigenvalue weighted by Gasteiger charge is -2.38. The predicted molar refractivity (Wildman–Crippen MR) is 84.5 cm³/mol. The Hall–Kier alpha value is -0.810. The Kier molecular flexibility index (Phi) is 5.88. The second-order valence-corrected chi connectivity index (χ2v) is 7.26. The van der Waals surface area contributed by atoms with Crippen LogP contribution in [0.5, 0.6) is 0 Å². The number of hydrogen-bond acceptors (Lipinski definition) is 4. The van der Waals surface area contributed by atoms with Gasteiger partial charge in [0, 0.05) is 25.2 Å². The van der Waals surface area contributed by atoms with Gasteiger partial charge in [0.25, 0.3) is 0 Å². The molecule has 2 heterocycles. The lowest BCUT2D eigenvalue weighted by atomic mass is 10.0. The minimum Gasteiger partial charge on any atom is -0.444 e. The summed E-state index contributed by atoms with van der Waals surface area (Å²) in [6, 6.07) is 0.872. The van der Waals surface area contributed by atoms with Crippen molar-refractivity contribution >= 4 is 6.09 Å². The lowest BCUT2D eigenvalue weighted by Crippen LogP contribution is -2.52. The molecule has 0 aliphatic carbocycles. The smallest absolute Gasteiger partial charge is 0.410 e.